The Balaban J connectivity index is 1.31. The zero-order valence-corrected chi connectivity index (χ0v) is 14.4. The lowest BCUT2D eigenvalue weighted by Gasteiger charge is -2.37. The molecular formula is C20H18N2O5. The molecule has 0 aromatic heterocycles. The van der Waals surface area contributed by atoms with Crippen LogP contribution in [-0.4, -0.2) is 40.7 Å². The third-order valence-electron chi connectivity index (χ3n) is 6.20. The van der Waals surface area contributed by atoms with Crippen LogP contribution in [-0.2, 0) is 14.4 Å². The van der Waals surface area contributed by atoms with Gasteiger partial charge in [0.2, 0.25) is 0 Å². The molecule has 1 saturated heterocycles. The molecule has 1 N–H and O–H groups in total. The van der Waals surface area contributed by atoms with E-state index in [0.717, 1.165) is 11.4 Å². The highest BCUT2D eigenvalue weighted by Gasteiger charge is 2.67. The normalized spacial score (nSPS) is 35.5. The number of ether oxygens (including phenoxy) is 1. The van der Waals surface area contributed by atoms with Gasteiger partial charge in [0, 0.05) is 0 Å². The molecule has 2 bridgehead atoms. The fraction of sp³-hybridized carbons (Fsp3) is 0.400. The Morgan fingerprint density at radius 2 is 1.70 bits per heavy atom. The highest BCUT2D eigenvalue weighted by atomic mass is 16.5. The Hall–Kier alpha value is -2.96. The van der Waals surface area contributed by atoms with E-state index in [9.17, 15) is 14.4 Å². The number of carbonyl (C=O) groups excluding carboxylic acids is 2. The molecule has 1 aromatic rings. The van der Waals surface area contributed by atoms with Crippen molar-refractivity contribution >= 4 is 24.0 Å². The summed E-state index contributed by atoms with van der Waals surface area (Å²) in [6.07, 6.45) is 6.88. The minimum Gasteiger partial charge on any atom is -0.482 e. The van der Waals surface area contributed by atoms with Gasteiger partial charge in [-0.2, -0.15) is 10.1 Å². The second-order valence-corrected chi connectivity index (χ2v) is 7.64. The van der Waals surface area contributed by atoms with Crippen molar-refractivity contribution in [3.8, 4) is 5.75 Å². The maximum atomic E-state index is 12.8. The minimum absolute atomic E-state index is 0.187. The van der Waals surface area contributed by atoms with E-state index in [1.807, 2.05) is 0 Å². The molecule has 27 heavy (non-hydrogen) atoms. The van der Waals surface area contributed by atoms with Gasteiger partial charge in [0.1, 0.15) is 5.75 Å². The van der Waals surface area contributed by atoms with Crippen LogP contribution in [0.15, 0.2) is 41.5 Å². The Morgan fingerprint density at radius 1 is 1.11 bits per heavy atom. The summed E-state index contributed by atoms with van der Waals surface area (Å²) in [7, 11) is 0. The van der Waals surface area contributed by atoms with E-state index in [4.69, 9.17) is 9.84 Å². The van der Waals surface area contributed by atoms with E-state index in [1.54, 1.807) is 24.3 Å². The van der Waals surface area contributed by atoms with Gasteiger partial charge in [-0.15, -0.1) is 0 Å². The van der Waals surface area contributed by atoms with Gasteiger partial charge in [-0.05, 0) is 59.9 Å². The Kier molecular flexibility index (Phi) is 3.47. The van der Waals surface area contributed by atoms with Crippen LogP contribution in [0, 0.1) is 35.5 Å². The van der Waals surface area contributed by atoms with Crippen LogP contribution in [0.1, 0.15) is 12.0 Å². The lowest BCUT2D eigenvalue weighted by atomic mass is 9.63. The number of hydrogen-bond acceptors (Lipinski definition) is 5. The first-order valence-corrected chi connectivity index (χ1v) is 9.09. The van der Waals surface area contributed by atoms with Crippen molar-refractivity contribution in [1.29, 1.82) is 0 Å². The predicted molar refractivity (Wildman–Crippen MR) is 93.7 cm³/mol. The molecular weight excluding hydrogens is 348 g/mol. The van der Waals surface area contributed by atoms with Gasteiger partial charge in [0.25, 0.3) is 11.8 Å². The second kappa shape index (κ2) is 5.77. The van der Waals surface area contributed by atoms with E-state index in [2.05, 4.69) is 17.3 Å². The number of imide groups is 1. The van der Waals surface area contributed by atoms with Crippen LogP contribution in [0.3, 0.4) is 0 Å². The van der Waals surface area contributed by atoms with Crippen molar-refractivity contribution in [3.05, 3.63) is 42.0 Å². The van der Waals surface area contributed by atoms with Gasteiger partial charge in [0.15, 0.2) is 6.61 Å². The molecule has 2 saturated carbocycles. The zero-order chi connectivity index (χ0) is 18.7. The molecule has 7 heteroatoms. The van der Waals surface area contributed by atoms with Gasteiger partial charge < -0.3 is 9.84 Å². The number of amides is 2. The molecule has 2 amide bonds. The summed E-state index contributed by atoms with van der Waals surface area (Å²) in [5.41, 5.74) is 0.692. The Bertz CT molecular complexity index is 854. The number of benzene rings is 1. The summed E-state index contributed by atoms with van der Waals surface area (Å²) in [6, 6.07) is 6.63. The van der Waals surface area contributed by atoms with Crippen LogP contribution in [0.4, 0.5) is 0 Å². The quantitative estimate of drug-likeness (QED) is 0.484. The number of carboxylic acids is 1. The molecule has 3 fully saturated rings. The molecule has 0 spiro atoms. The molecule has 1 aliphatic heterocycles. The number of carboxylic acid groups (broad SMARTS) is 1. The first kappa shape index (κ1) is 16.2. The van der Waals surface area contributed by atoms with Crippen LogP contribution >= 0.6 is 0 Å². The van der Waals surface area contributed by atoms with Crippen molar-refractivity contribution in [1.82, 2.24) is 5.01 Å². The standard InChI is InChI=1S/C20H18N2O5/c23-16(24)9-27-11-3-1-10(2-4-11)8-21-22-19(25)17-12-5-6-13(15-7-14(12)15)18(17)20(22)26/h1-6,8,12-15,17-18H,7,9H2,(H,23,24)/b21-8+. The van der Waals surface area contributed by atoms with Gasteiger partial charge >= 0.3 is 5.97 Å². The van der Waals surface area contributed by atoms with Crippen LogP contribution < -0.4 is 4.74 Å². The van der Waals surface area contributed by atoms with Gasteiger partial charge in [-0.25, -0.2) is 4.79 Å². The number of hydrogen-bond donors (Lipinski definition) is 1. The number of carbonyl (C=O) groups is 3. The maximum absolute atomic E-state index is 12.8. The van der Waals surface area contributed by atoms with E-state index in [1.165, 1.54) is 6.21 Å². The minimum atomic E-state index is -1.05. The SMILES string of the molecule is O=C(O)COc1ccc(/C=N/N2C(=O)C3C4C=CC(C5CC45)C3C2=O)cc1. The first-order valence-electron chi connectivity index (χ1n) is 9.09. The van der Waals surface area contributed by atoms with E-state index in [0.29, 0.717) is 23.1 Å². The monoisotopic (exact) mass is 366 g/mol. The molecule has 1 aromatic carbocycles. The molecule has 7 nitrogen and oxygen atoms in total. The van der Waals surface area contributed by atoms with Crippen molar-refractivity contribution in [3.63, 3.8) is 0 Å². The molecule has 5 aliphatic rings. The molecule has 6 unspecified atom stereocenters. The first-order chi connectivity index (χ1) is 13.0. The molecule has 4 aliphatic carbocycles. The molecule has 0 radical (unpaired) electrons. The maximum Gasteiger partial charge on any atom is 0.341 e. The molecule has 1 heterocycles. The molecule has 138 valence electrons. The summed E-state index contributed by atoms with van der Waals surface area (Å²) in [6.45, 7) is -0.411. The van der Waals surface area contributed by atoms with Gasteiger partial charge in [0.05, 0.1) is 18.1 Å². The largest absolute Gasteiger partial charge is 0.482 e. The van der Waals surface area contributed by atoms with Crippen molar-refractivity contribution in [2.75, 3.05) is 6.61 Å². The highest BCUT2D eigenvalue weighted by Crippen LogP contribution is 2.65. The average Bonchev–Trinajstić information content (AvgIpc) is 3.45. The number of aliphatic carboxylic acids is 1. The summed E-state index contributed by atoms with van der Waals surface area (Å²) >= 11 is 0. The van der Waals surface area contributed by atoms with Crippen LogP contribution in [0.25, 0.3) is 0 Å². The zero-order valence-electron chi connectivity index (χ0n) is 14.4. The van der Waals surface area contributed by atoms with E-state index >= 15 is 0 Å². The predicted octanol–water partition coefficient (Wildman–Crippen LogP) is 1.54. The van der Waals surface area contributed by atoms with Crippen LogP contribution in [0.5, 0.6) is 5.75 Å². The number of allylic oxidation sites excluding steroid dienone is 2. The fourth-order valence-electron chi connectivity index (χ4n) is 4.97. The number of hydrazone groups is 1. The highest BCUT2D eigenvalue weighted by molar-refractivity contribution is 6.06. The number of rotatable bonds is 5. The third-order valence-corrected chi connectivity index (χ3v) is 6.20. The third kappa shape index (κ3) is 2.49. The lowest BCUT2D eigenvalue weighted by molar-refractivity contribution is -0.141. The van der Waals surface area contributed by atoms with E-state index < -0.39 is 12.6 Å². The average molecular weight is 366 g/mol. The van der Waals surface area contributed by atoms with Gasteiger partial charge in [-0.3, -0.25) is 9.59 Å². The molecule has 6 atom stereocenters. The van der Waals surface area contributed by atoms with Gasteiger partial charge in [-0.1, -0.05) is 12.2 Å². The summed E-state index contributed by atoms with van der Waals surface area (Å²) in [5.74, 6) is 0.0188. The topological polar surface area (TPSA) is 96.3 Å². The smallest absolute Gasteiger partial charge is 0.341 e. The van der Waals surface area contributed by atoms with Crippen molar-refractivity contribution in [2.45, 2.75) is 6.42 Å². The Labute approximate surface area is 155 Å². The van der Waals surface area contributed by atoms with Crippen LogP contribution in [0.2, 0.25) is 0 Å². The molecule has 6 rings (SSSR count). The van der Waals surface area contributed by atoms with E-state index in [-0.39, 0.29) is 35.5 Å². The summed E-state index contributed by atoms with van der Waals surface area (Å²) < 4.78 is 5.07. The Morgan fingerprint density at radius 3 is 2.26 bits per heavy atom. The van der Waals surface area contributed by atoms with Crippen molar-refractivity contribution < 1.29 is 24.2 Å². The fourth-order valence-corrected chi connectivity index (χ4v) is 4.97. The lowest BCUT2D eigenvalue weighted by Crippen LogP contribution is -2.40. The summed E-state index contributed by atoms with van der Waals surface area (Å²) in [4.78, 5) is 36.1. The van der Waals surface area contributed by atoms with Crippen molar-refractivity contribution in [2.24, 2.45) is 40.6 Å². The number of nitrogens with zero attached hydrogens (tertiary/aromatic N) is 2. The second-order valence-electron chi connectivity index (χ2n) is 7.64. The summed E-state index contributed by atoms with van der Waals surface area (Å²) in [5, 5.41) is 13.8.